The van der Waals surface area contributed by atoms with Crippen molar-refractivity contribution in [1.82, 2.24) is 19.7 Å². The maximum atomic E-state index is 5.84. The zero-order valence-electron chi connectivity index (χ0n) is 12.5. The van der Waals surface area contributed by atoms with Crippen LogP contribution in [0.25, 0.3) is 0 Å². The van der Waals surface area contributed by atoms with Crippen LogP contribution in [0.4, 0.5) is 5.82 Å². The molecular weight excluding hydrogens is 274 g/mol. The summed E-state index contributed by atoms with van der Waals surface area (Å²) in [5.74, 6) is 0.660. The molecule has 1 unspecified atom stereocenters. The summed E-state index contributed by atoms with van der Waals surface area (Å²) >= 11 is 5.84. The van der Waals surface area contributed by atoms with E-state index in [1.807, 2.05) is 11.6 Å². The lowest BCUT2D eigenvalue weighted by Gasteiger charge is -2.19. The van der Waals surface area contributed by atoms with Crippen LogP contribution in [0.15, 0.2) is 18.6 Å². The second-order valence-corrected chi connectivity index (χ2v) is 6.27. The van der Waals surface area contributed by atoms with Crippen molar-refractivity contribution in [2.24, 2.45) is 0 Å². The van der Waals surface area contributed by atoms with E-state index in [-0.39, 0.29) is 11.6 Å². The van der Waals surface area contributed by atoms with E-state index in [4.69, 9.17) is 11.6 Å². The number of nitrogens with zero attached hydrogens (tertiary/aromatic N) is 4. The van der Waals surface area contributed by atoms with Gasteiger partial charge in [-0.15, -0.1) is 0 Å². The topological polar surface area (TPSA) is 55.6 Å². The van der Waals surface area contributed by atoms with E-state index >= 15 is 0 Å². The number of aromatic nitrogens is 4. The Balaban J connectivity index is 2.21. The molecule has 2 heterocycles. The van der Waals surface area contributed by atoms with E-state index in [2.05, 4.69) is 54.3 Å². The number of aryl methyl sites for hydroxylation is 1. The number of hydrogen-bond acceptors (Lipinski definition) is 4. The average molecular weight is 294 g/mol. The van der Waals surface area contributed by atoms with E-state index in [0.29, 0.717) is 11.0 Å². The standard InChI is InChI=1S/C14H20ClN5/c1-9(17-13-7-16-6-12(15)18-13)11-8-20(14(3,4)5)19-10(11)2/h6-9H,1-5H3,(H,17,18). The van der Waals surface area contributed by atoms with Crippen molar-refractivity contribution in [3.63, 3.8) is 0 Å². The minimum atomic E-state index is -0.0292. The fourth-order valence-corrected chi connectivity index (χ4v) is 2.10. The van der Waals surface area contributed by atoms with Gasteiger partial charge in [0.2, 0.25) is 0 Å². The zero-order chi connectivity index (χ0) is 14.9. The third-order valence-electron chi connectivity index (χ3n) is 3.06. The van der Waals surface area contributed by atoms with Gasteiger partial charge in [-0.05, 0) is 34.6 Å². The molecule has 1 atom stereocenters. The van der Waals surface area contributed by atoms with E-state index in [1.165, 1.54) is 6.20 Å². The van der Waals surface area contributed by atoms with Crippen LogP contribution in [0, 0.1) is 6.92 Å². The highest BCUT2D eigenvalue weighted by Crippen LogP contribution is 2.23. The summed E-state index contributed by atoms with van der Waals surface area (Å²) < 4.78 is 1.99. The predicted molar refractivity (Wildman–Crippen MR) is 81.0 cm³/mol. The molecule has 20 heavy (non-hydrogen) atoms. The molecule has 0 amide bonds. The van der Waals surface area contributed by atoms with Gasteiger partial charge in [0, 0.05) is 11.8 Å². The van der Waals surface area contributed by atoms with Crippen LogP contribution in [-0.4, -0.2) is 19.7 Å². The molecule has 0 radical (unpaired) electrons. The molecular formula is C14H20ClN5. The van der Waals surface area contributed by atoms with Gasteiger partial charge in [0.25, 0.3) is 0 Å². The first-order valence-electron chi connectivity index (χ1n) is 6.58. The summed E-state index contributed by atoms with van der Waals surface area (Å²) in [5, 5.41) is 8.25. The highest BCUT2D eigenvalue weighted by molar-refractivity contribution is 6.29. The van der Waals surface area contributed by atoms with Gasteiger partial charge in [-0.2, -0.15) is 5.10 Å². The quantitative estimate of drug-likeness (QED) is 0.940. The first-order valence-corrected chi connectivity index (χ1v) is 6.96. The maximum absolute atomic E-state index is 5.84. The Morgan fingerprint density at radius 3 is 2.55 bits per heavy atom. The molecule has 0 saturated heterocycles. The summed E-state index contributed by atoms with van der Waals surface area (Å²) in [6.45, 7) is 10.5. The molecule has 0 spiro atoms. The number of nitrogens with one attached hydrogen (secondary N) is 1. The molecule has 5 nitrogen and oxygen atoms in total. The number of rotatable bonds is 3. The first-order chi connectivity index (χ1) is 9.27. The lowest BCUT2D eigenvalue weighted by Crippen LogP contribution is -2.22. The molecule has 0 bridgehead atoms. The van der Waals surface area contributed by atoms with E-state index in [1.54, 1.807) is 6.20 Å². The van der Waals surface area contributed by atoms with Gasteiger partial charge in [0.05, 0.1) is 29.7 Å². The van der Waals surface area contributed by atoms with E-state index in [9.17, 15) is 0 Å². The fraction of sp³-hybridized carbons (Fsp3) is 0.500. The van der Waals surface area contributed by atoms with Gasteiger partial charge in [0.15, 0.2) is 0 Å². The Morgan fingerprint density at radius 1 is 1.30 bits per heavy atom. The lowest BCUT2D eigenvalue weighted by molar-refractivity contribution is 0.354. The van der Waals surface area contributed by atoms with Crippen LogP contribution in [0.5, 0.6) is 0 Å². The predicted octanol–water partition coefficient (Wildman–Crippen LogP) is 3.56. The van der Waals surface area contributed by atoms with Crippen molar-refractivity contribution in [3.8, 4) is 0 Å². The molecule has 6 heteroatoms. The Kier molecular flexibility index (Phi) is 3.99. The molecule has 0 fully saturated rings. The highest BCUT2D eigenvalue weighted by atomic mass is 35.5. The average Bonchev–Trinajstić information content (AvgIpc) is 2.71. The van der Waals surface area contributed by atoms with Crippen LogP contribution in [0.2, 0.25) is 5.15 Å². The minimum Gasteiger partial charge on any atom is -0.362 e. The number of hydrogen-bond donors (Lipinski definition) is 1. The largest absolute Gasteiger partial charge is 0.362 e. The summed E-state index contributed by atoms with van der Waals surface area (Å²) in [5.41, 5.74) is 2.12. The van der Waals surface area contributed by atoms with Crippen LogP contribution in [0.3, 0.4) is 0 Å². The van der Waals surface area contributed by atoms with Gasteiger partial charge < -0.3 is 5.32 Å². The molecule has 2 aromatic heterocycles. The van der Waals surface area contributed by atoms with Crippen molar-refractivity contribution in [3.05, 3.63) is 35.0 Å². The summed E-state index contributed by atoms with van der Waals surface area (Å²) in [7, 11) is 0. The molecule has 0 aromatic carbocycles. The molecule has 0 saturated carbocycles. The van der Waals surface area contributed by atoms with Gasteiger partial charge in [-0.3, -0.25) is 9.67 Å². The lowest BCUT2D eigenvalue weighted by atomic mass is 10.1. The van der Waals surface area contributed by atoms with Crippen molar-refractivity contribution < 1.29 is 0 Å². The minimum absolute atomic E-state index is 0.0292. The van der Waals surface area contributed by atoms with Crippen LogP contribution in [-0.2, 0) is 5.54 Å². The van der Waals surface area contributed by atoms with Crippen LogP contribution >= 0.6 is 11.6 Å². The second-order valence-electron chi connectivity index (χ2n) is 5.88. The first kappa shape index (κ1) is 14.8. The van der Waals surface area contributed by atoms with Gasteiger partial charge in [-0.25, -0.2) is 4.98 Å². The van der Waals surface area contributed by atoms with Gasteiger partial charge >= 0.3 is 0 Å². The molecule has 0 aliphatic heterocycles. The SMILES string of the molecule is Cc1nn(C(C)(C)C)cc1C(C)Nc1cncc(Cl)n1. The number of anilines is 1. The van der Waals surface area contributed by atoms with E-state index in [0.717, 1.165) is 11.3 Å². The van der Waals surface area contributed by atoms with Gasteiger partial charge in [0.1, 0.15) is 11.0 Å². The fourth-order valence-electron chi connectivity index (χ4n) is 1.95. The summed E-state index contributed by atoms with van der Waals surface area (Å²) in [6.07, 6.45) is 5.25. The van der Waals surface area contributed by atoms with Crippen molar-refractivity contribution in [2.75, 3.05) is 5.32 Å². The Hall–Kier alpha value is -1.62. The normalized spacial score (nSPS) is 13.3. The number of halogens is 1. The molecule has 2 aromatic rings. The van der Waals surface area contributed by atoms with Crippen molar-refractivity contribution >= 4 is 17.4 Å². The highest BCUT2D eigenvalue weighted by Gasteiger charge is 2.19. The monoisotopic (exact) mass is 293 g/mol. The molecule has 108 valence electrons. The Bertz CT molecular complexity index is 600. The molecule has 0 aliphatic carbocycles. The molecule has 2 rings (SSSR count). The third-order valence-corrected chi connectivity index (χ3v) is 3.24. The summed E-state index contributed by atoms with van der Waals surface area (Å²) in [4.78, 5) is 8.21. The Labute approximate surface area is 124 Å². The Morgan fingerprint density at radius 2 is 2.00 bits per heavy atom. The van der Waals surface area contributed by atoms with Crippen LogP contribution in [0.1, 0.15) is 45.0 Å². The van der Waals surface area contributed by atoms with Crippen molar-refractivity contribution in [2.45, 2.75) is 46.2 Å². The van der Waals surface area contributed by atoms with Gasteiger partial charge in [-0.1, -0.05) is 11.6 Å². The van der Waals surface area contributed by atoms with Crippen LogP contribution < -0.4 is 5.32 Å². The zero-order valence-corrected chi connectivity index (χ0v) is 13.2. The second kappa shape index (κ2) is 5.40. The van der Waals surface area contributed by atoms with Crippen molar-refractivity contribution in [1.29, 1.82) is 0 Å². The van der Waals surface area contributed by atoms with E-state index < -0.39 is 0 Å². The third kappa shape index (κ3) is 3.28. The smallest absolute Gasteiger partial charge is 0.149 e. The molecule has 0 aliphatic rings. The summed E-state index contributed by atoms with van der Waals surface area (Å²) in [6, 6.07) is 0.0823. The maximum Gasteiger partial charge on any atom is 0.149 e. The molecule has 1 N–H and O–H groups in total.